The SMILES string of the molecule is OCCC[S-].[CH3-].[CH3-].[La].[La]. The molecule has 1 nitrogen and oxygen atoms in total. The van der Waals surface area contributed by atoms with Crippen LogP contribution in [-0.2, 0) is 12.6 Å². The van der Waals surface area contributed by atoms with Gasteiger partial charge in [0.25, 0.3) is 0 Å². The molecule has 0 amide bonds. The van der Waals surface area contributed by atoms with E-state index < -0.39 is 0 Å². The first-order valence-corrected chi connectivity index (χ1v) is 2.18. The van der Waals surface area contributed by atoms with Crippen molar-refractivity contribution >= 4 is 12.6 Å². The largest absolute Gasteiger partial charge is 0.793 e. The average Bonchev–Trinajstić information content (AvgIpc) is 1.41. The van der Waals surface area contributed by atoms with Crippen LogP contribution in [0.2, 0.25) is 0 Å². The first kappa shape index (κ1) is 29.8. The van der Waals surface area contributed by atoms with Crippen molar-refractivity contribution in [3.63, 3.8) is 0 Å². The molecule has 0 aromatic carbocycles. The number of hydrogen-bond donors (Lipinski definition) is 1. The zero-order chi connectivity index (χ0) is 4.12. The van der Waals surface area contributed by atoms with Crippen LogP contribution < -0.4 is 0 Å². The standard InChI is InChI=1S/C3H8OS.2CH3.2La/c4-2-1-3-5;;;;/h4-5H,1-3H2;2*1H3;;/q;2*-1;;/p-1. The summed E-state index contributed by atoms with van der Waals surface area (Å²) in [5, 5.41) is 8.00. The summed E-state index contributed by atoms with van der Waals surface area (Å²) >= 11 is 4.49. The summed E-state index contributed by atoms with van der Waals surface area (Å²) in [5.41, 5.74) is 0. The van der Waals surface area contributed by atoms with Crippen LogP contribution in [0.4, 0.5) is 0 Å². The fourth-order valence-corrected chi connectivity index (χ4v) is 0.194. The van der Waals surface area contributed by atoms with E-state index in [4.69, 9.17) is 5.11 Å². The van der Waals surface area contributed by atoms with Crippen LogP contribution in [0.5, 0.6) is 0 Å². The van der Waals surface area contributed by atoms with Crippen molar-refractivity contribution in [2.45, 2.75) is 6.42 Å². The molecule has 0 bridgehead atoms. The summed E-state index contributed by atoms with van der Waals surface area (Å²) in [7, 11) is 0. The number of rotatable bonds is 2. The molecule has 0 rings (SSSR count). The van der Waals surface area contributed by atoms with E-state index in [0.29, 0.717) is 5.75 Å². The minimum absolute atomic E-state index is 0. The van der Waals surface area contributed by atoms with Crippen molar-refractivity contribution < 1.29 is 76.3 Å². The van der Waals surface area contributed by atoms with Gasteiger partial charge in [0.2, 0.25) is 0 Å². The van der Waals surface area contributed by atoms with Gasteiger partial charge in [-0.25, -0.2) is 0 Å². The normalized spacial score (nSPS) is 4.67. The predicted octanol–water partition coefficient (Wildman–Crippen LogP) is 0.816. The fourth-order valence-electron chi connectivity index (χ4n) is 0.0645. The van der Waals surface area contributed by atoms with Gasteiger partial charge in [0.15, 0.2) is 0 Å². The van der Waals surface area contributed by atoms with Crippen molar-refractivity contribution in [1.82, 2.24) is 0 Å². The van der Waals surface area contributed by atoms with Crippen LogP contribution in [0.1, 0.15) is 6.42 Å². The number of aliphatic hydroxyl groups is 1. The third-order valence-electron chi connectivity index (χ3n) is 0.302. The van der Waals surface area contributed by atoms with Gasteiger partial charge in [0.05, 0.1) is 0 Å². The first-order chi connectivity index (χ1) is 2.41. The second kappa shape index (κ2) is 31.0. The van der Waals surface area contributed by atoms with Crippen LogP contribution in [0.3, 0.4) is 0 Å². The summed E-state index contributed by atoms with van der Waals surface area (Å²) in [6.07, 6.45) is 0.759. The average molecular weight is 399 g/mol. The molecule has 0 saturated carbocycles. The van der Waals surface area contributed by atoms with Gasteiger partial charge in [-0.3, -0.25) is 0 Å². The van der Waals surface area contributed by atoms with E-state index in [9.17, 15) is 0 Å². The van der Waals surface area contributed by atoms with E-state index in [1.807, 2.05) is 0 Å². The van der Waals surface area contributed by atoms with Gasteiger partial charge >= 0.3 is 0 Å². The second-order valence-electron chi connectivity index (χ2n) is 0.781. The Hall–Kier alpha value is 2.70. The summed E-state index contributed by atoms with van der Waals surface area (Å²) in [6.45, 7) is 0.240. The molecular weight excluding hydrogens is 386 g/mol. The summed E-state index contributed by atoms with van der Waals surface area (Å²) in [5.74, 6) is 0.677. The Labute approximate surface area is 120 Å². The Balaban J connectivity index is -0.0000000133. The topological polar surface area (TPSA) is 20.2 Å². The van der Waals surface area contributed by atoms with Crippen molar-refractivity contribution in [2.75, 3.05) is 12.4 Å². The van der Waals surface area contributed by atoms with E-state index in [2.05, 4.69) is 12.6 Å². The molecule has 0 aliphatic carbocycles. The molecule has 0 heterocycles. The Morgan fingerprint density at radius 2 is 1.44 bits per heavy atom. The van der Waals surface area contributed by atoms with Crippen molar-refractivity contribution in [2.24, 2.45) is 0 Å². The molecular formula is C5H13La2OS-3. The summed E-state index contributed by atoms with van der Waals surface area (Å²) < 4.78 is 0. The van der Waals surface area contributed by atoms with Crippen LogP contribution in [0.15, 0.2) is 0 Å². The number of hydrogen-bond acceptors (Lipinski definition) is 2. The molecule has 2 radical (unpaired) electrons. The smallest absolute Gasteiger partial charge is 0.0412 e. The molecule has 0 fully saturated rings. The van der Waals surface area contributed by atoms with Gasteiger partial charge in [-0.2, -0.15) is 5.75 Å². The fraction of sp³-hybridized carbons (Fsp3) is 0.600. The maximum absolute atomic E-state index is 8.00. The Morgan fingerprint density at radius 3 is 1.44 bits per heavy atom. The molecule has 4 heteroatoms. The van der Waals surface area contributed by atoms with E-state index in [-0.39, 0.29) is 92.7 Å². The van der Waals surface area contributed by atoms with Gasteiger partial charge in [-0.15, -0.1) is 0 Å². The third kappa shape index (κ3) is 36.7. The second-order valence-corrected chi connectivity index (χ2v) is 1.19. The van der Waals surface area contributed by atoms with Crippen LogP contribution in [-0.4, -0.2) is 17.5 Å². The van der Waals surface area contributed by atoms with E-state index in [0.717, 1.165) is 6.42 Å². The molecule has 0 atom stereocenters. The van der Waals surface area contributed by atoms with Crippen molar-refractivity contribution in [3.05, 3.63) is 14.9 Å². The van der Waals surface area contributed by atoms with Crippen LogP contribution >= 0.6 is 0 Å². The zero-order valence-electron chi connectivity index (χ0n) is 6.13. The zero-order valence-corrected chi connectivity index (χ0v) is 14.2. The minimum atomic E-state index is 0. The molecule has 54 valence electrons. The van der Waals surface area contributed by atoms with Crippen LogP contribution in [0.25, 0.3) is 0 Å². The molecule has 0 aliphatic heterocycles. The van der Waals surface area contributed by atoms with E-state index in [1.54, 1.807) is 0 Å². The van der Waals surface area contributed by atoms with E-state index >= 15 is 0 Å². The van der Waals surface area contributed by atoms with Gasteiger partial charge in [-0.05, 0) is 0 Å². The molecule has 0 spiro atoms. The Morgan fingerprint density at radius 1 is 1.11 bits per heavy atom. The van der Waals surface area contributed by atoms with Crippen molar-refractivity contribution in [1.29, 1.82) is 0 Å². The van der Waals surface area contributed by atoms with Gasteiger partial charge in [0, 0.05) is 77.8 Å². The summed E-state index contributed by atoms with van der Waals surface area (Å²) in [6, 6.07) is 0. The first-order valence-electron chi connectivity index (χ1n) is 1.60. The Bertz CT molecular complexity index is 22.4. The van der Waals surface area contributed by atoms with Gasteiger partial charge in [0.1, 0.15) is 0 Å². The molecule has 9 heavy (non-hydrogen) atoms. The van der Waals surface area contributed by atoms with Gasteiger partial charge < -0.3 is 32.6 Å². The number of aliphatic hydroxyl groups excluding tert-OH is 1. The maximum Gasteiger partial charge on any atom is 0.0412 e. The molecule has 0 unspecified atom stereocenters. The van der Waals surface area contributed by atoms with Crippen molar-refractivity contribution in [3.8, 4) is 0 Å². The molecule has 1 N–H and O–H groups in total. The van der Waals surface area contributed by atoms with Crippen LogP contribution in [0, 0.1) is 86.1 Å². The summed E-state index contributed by atoms with van der Waals surface area (Å²) in [4.78, 5) is 0. The molecule has 0 aliphatic rings. The van der Waals surface area contributed by atoms with Gasteiger partial charge in [-0.1, -0.05) is 6.42 Å². The third-order valence-corrected chi connectivity index (χ3v) is 0.591. The Kier molecular flexibility index (Phi) is 103. The predicted molar refractivity (Wildman–Crippen MR) is 36.8 cm³/mol. The maximum atomic E-state index is 8.00. The monoisotopic (exact) mass is 399 g/mol. The molecule has 0 aromatic rings. The molecule has 0 aromatic heterocycles. The quantitative estimate of drug-likeness (QED) is 0.549. The minimum Gasteiger partial charge on any atom is -0.793 e. The molecule has 0 saturated heterocycles. The van der Waals surface area contributed by atoms with E-state index in [1.165, 1.54) is 0 Å².